The van der Waals surface area contributed by atoms with Gasteiger partial charge in [0.15, 0.2) is 0 Å². The van der Waals surface area contributed by atoms with Crippen LogP contribution in [0.25, 0.3) is 0 Å². The van der Waals surface area contributed by atoms with Crippen molar-refractivity contribution in [1.82, 2.24) is 5.43 Å². The van der Waals surface area contributed by atoms with Crippen molar-refractivity contribution in [3.63, 3.8) is 0 Å². The number of amides is 1. The predicted molar refractivity (Wildman–Crippen MR) is 101 cm³/mol. The quantitative estimate of drug-likeness (QED) is 0.559. The first-order chi connectivity index (χ1) is 12.7. The molecule has 4 nitrogen and oxygen atoms in total. The Bertz CT molecular complexity index is 876. The van der Waals surface area contributed by atoms with E-state index in [9.17, 15) is 4.79 Å². The van der Waals surface area contributed by atoms with Gasteiger partial charge >= 0.3 is 0 Å². The van der Waals surface area contributed by atoms with Crippen molar-refractivity contribution in [3.05, 3.63) is 95.9 Å². The third kappa shape index (κ3) is 2.84. The Labute approximate surface area is 152 Å². The first kappa shape index (κ1) is 16.3. The molecule has 0 spiro atoms. The number of rotatable bonds is 5. The summed E-state index contributed by atoms with van der Waals surface area (Å²) in [5, 5.41) is 4.20. The molecule has 0 saturated heterocycles. The molecule has 2 aromatic carbocycles. The molecule has 1 saturated carbocycles. The van der Waals surface area contributed by atoms with Gasteiger partial charge in [-0.15, -0.1) is 0 Å². The highest BCUT2D eigenvalue weighted by atomic mass is 16.3. The second-order valence-corrected chi connectivity index (χ2v) is 6.61. The Morgan fingerprint density at radius 2 is 1.62 bits per heavy atom. The fourth-order valence-corrected chi connectivity index (χ4v) is 3.61. The van der Waals surface area contributed by atoms with Gasteiger partial charge in [-0.1, -0.05) is 60.7 Å². The van der Waals surface area contributed by atoms with Crippen LogP contribution >= 0.6 is 0 Å². The third-order valence-corrected chi connectivity index (χ3v) is 5.07. The summed E-state index contributed by atoms with van der Waals surface area (Å²) in [5.74, 6) is 0.447. The molecule has 1 aliphatic rings. The highest BCUT2D eigenvalue weighted by Crippen LogP contribution is 2.58. The zero-order valence-electron chi connectivity index (χ0n) is 14.6. The van der Waals surface area contributed by atoms with E-state index in [1.165, 1.54) is 0 Å². The van der Waals surface area contributed by atoms with Crippen molar-refractivity contribution in [1.29, 1.82) is 0 Å². The van der Waals surface area contributed by atoms with Crippen LogP contribution in [0, 0.1) is 5.92 Å². The first-order valence-electron chi connectivity index (χ1n) is 8.71. The number of nitrogens with zero attached hydrogens (tertiary/aromatic N) is 1. The van der Waals surface area contributed by atoms with Gasteiger partial charge in [0.05, 0.1) is 12.2 Å². The van der Waals surface area contributed by atoms with E-state index in [0.29, 0.717) is 11.5 Å². The normalized spacial score (nSPS) is 18.3. The minimum Gasteiger partial charge on any atom is -0.463 e. The predicted octanol–water partition coefficient (Wildman–Crippen LogP) is 4.13. The molecule has 0 unspecified atom stereocenters. The van der Waals surface area contributed by atoms with Crippen LogP contribution in [0.2, 0.25) is 0 Å². The maximum absolute atomic E-state index is 12.8. The molecule has 1 heterocycles. The van der Waals surface area contributed by atoms with Crippen LogP contribution in [-0.2, 0) is 10.2 Å². The van der Waals surface area contributed by atoms with E-state index in [4.69, 9.17) is 4.42 Å². The minimum atomic E-state index is -0.277. The molecular weight excluding hydrogens is 324 g/mol. The van der Waals surface area contributed by atoms with E-state index in [2.05, 4.69) is 34.8 Å². The molecule has 1 fully saturated rings. The van der Waals surface area contributed by atoms with Gasteiger partial charge in [0.1, 0.15) is 11.5 Å². The van der Waals surface area contributed by atoms with Crippen molar-refractivity contribution in [3.8, 4) is 0 Å². The summed E-state index contributed by atoms with van der Waals surface area (Å²) in [7, 11) is 0. The van der Waals surface area contributed by atoms with E-state index in [1.807, 2.05) is 49.4 Å². The van der Waals surface area contributed by atoms with E-state index in [1.54, 1.807) is 12.3 Å². The van der Waals surface area contributed by atoms with Gasteiger partial charge in [0.2, 0.25) is 5.91 Å². The lowest BCUT2D eigenvalue weighted by atomic mass is 9.85. The van der Waals surface area contributed by atoms with E-state index < -0.39 is 0 Å². The van der Waals surface area contributed by atoms with Crippen molar-refractivity contribution in [2.24, 2.45) is 11.0 Å². The molecule has 130 valence electrons. The van der Waals surface area contributed by atoms with Crippen molar-refractivity contribution >= 4 is 11.6 Å². The number of nitrogens with one attached hydrogen (secondary N) is 1. The van der Waals surface area contributed by atoms with Gasteiger partial charge < -0.3 is 4.42 Å². The number of hydrogen-bond acceptors (Lipinski definition) is 3. The standard InChI is InChI=1S/C22H20N2O2/c1-16(20-13-8-14-26-20)23-24-21(25)19-15-22(19,17-9-4-2-5-10-17)18-11-6-3-7-12-18/h2-14,19H,15H2,1H3,(H,24,25)/b23-16+/t19-/m1/s1. The van der Waals surface area contributed by atoms with Crippen LogP contribution in [-0.4, -0.2) is 11.6 Å². The summed E-state index contributed by atoms with van der Waals surface area (Å²) in [6.45, 7) is 1.81. The van der Waals surface area contributed by atoms with Crippen LogP contribution in [0.4, 0.5) is 0 Å². The Kier molecular flexibility index (Phi) is 4.17. The van der Waals surface area contributed by atoms with Gasteiger partial charge in [0, 0.05) is 5.41 Å². The Balaban J connectivity index is 1.59. The fourth-order valence-electron chi connectivity index (χ4n) is 3.61. The van der Waals surface area contributed by atoms with Gasteiger partial charge in [-0.3, -0.25) is 4.79 Å². The average Bonchev–Trinajstić information content (AvgIpc) is 3.23. The molecule has 26 heavy (non-hydrogen) atoms. The van der Waals surface area contributed by atoms with Crippen molar-refractivity contribution in [2.75, 3.05) is 0 Å². The van der Waals surface area contributed by atoms with Gasteiger partial charge in [0.25, 0.3) is 0 Å². The maximum Gasteiger partial charge on any atom is 0.244 e. The van der Waals surface area contributed by atoms with Crippen molar-refractivity contribution < 1.29 is 9.21 Å². The third-order valence-electron chi connectivity index (χ3n) is 5.07. The average molecular weight is 344 g/mol. The molecule has 1 aromatic heterocycles. The van der Waals surface area contributed by atoms with E-state index in [0.717, 1.165) is 17.5 Å². The summed E-state index contributed by atoms with van der Waals surface area (Å²) in [6, 6.07) is 24.1. The van der Waals surface area contributed by atoms with E-state index >= 15 is 0 Å². The van der Waals surface area contributed by atoms with Crippen LogP contribution < -0.4 is 5.43 Å². The largest absolute Gasteiger partial charge is 0.463 e. The number of hydrogen-bond donors (Lipinski definition) is 1. The monoisotopic (exact) mass is 344 g/mol. The molecule has 0 radical (unpaired) electrons. The lowest BCUT2D eigenvalue weighted by Crippen LogP contribution is -2.26. The fraction of sp³-hybridized carbons (Fsp3) is 0.182. The number of hydrazone groups is 1. The highest BCUT2D eigenvalue weighted by molar-refractivity contribution is 5.97. The zero-order chi connectivity index (χ0) is 18.0. The minimum absolute atomic E-state index is 0.0661. The van der Waals surface area contributed by atoms with Crippen LogP contribution in [0.3, 0.4) is 0 Å². The number of carbonyl (C=O) groups is 1. The second kappa shape index (κ2) is 6.64. The summed E-state index contributed by atoms with van der Waals surface area (Å²) in [4.78, 5) is 12.8. The number of furan rings is 1. The lowest BCUT2D eigenvalue weighted by Gasteiger charge is -2.18. The van der Waals surface area contributed by atoms with Crippen LogP contribution in [0.5, 0.6) is 0 Å². The molecule has 0 aliphatic heterocycles. The van der Waals surface area contributed by atoms with Gasteiger partial charge in [-0.05, 0) is 36.6 Å². The summed E-state index contributed by atoms with van der Waals surface area (Å²) < 4.78 is 5.30. The Morgan fingerprint density at radius 3 is 2.15 bits per heavy atom. The zero-order valence-corrected chi connectivity index (χ0v) is 14.6. The molecule has 1 N–H and O–H groups in total. The van der Waals surface area contributed by atoms with Crippen LogP contribution in [0.15, 0.2) is 88.6 Å². The Hall–Kier alpha value is -3.14. The van der Waals surface area contributed by atoms with E-state index in [-0.39, 0.29) is 17.2 Å². The SMILES string of the molecule is C/C(=N\NC(=O)[C@H]1CC1(c1ccccc1)c1ccccc1)c1ccco1. The molecular formula is C22H20N2O2. The molecule has 3 aromatic rings. The molecule has 1 atom stereocenters. The number of carbonyl (C=O) groups excluding carboxylic acids is 1. The molecule has 0 bridgehead atoms. The second-order valence-electron chi connectivity index (χ2n) is 6.61. The molecule has 4 rings (SSSR count). The number of benzene rings is 2. The van der Waals surface area contributed by atoms with Crippen molar-refractivity contribution in [2.45, 2.75) is 18.8 Å². The molecule has 1 aliphatic carbocycles. The van der Waals surface area contributed by atoms with Crippen LogP contribution in [0.1, 0.15) is 30.2 Å². The highest BCUT2D eigenvalue weighted by Gasteiger charge is 2.60. The first-order valence-corrected chi connectivity index (χ1v) is 8.71. The molecule has 4 heteroatoms. The maximum atomic E-state index is 12.8. The van der Waals surface area contributed by atoms with Gasteiger partial charge in [-0.2, -0.15) is 5.10 Å². The lowest BCUT2D eigenvalue weighted by molar-refractivity contribution is -0.122. The summed E-state index contributed by atoms with van der Waals surface area (Å²) in [6.07, 6.45) is 2.37. The summed E-state index contributed by atoms with van der Waals surface area (Å²) in [5.41, 5.74) is 5.42. The summed E-state index contributed by atoms with van der Waals surface area (Å²) >= 11 is 0. The topological polar surface area (TPSA) is 54.6 Å². The van der Waals surface area contributed by atoms with Gasteiger partial charge in [-0.25, -0.2) is 5.43 Å². The Morgan fingerprint density at radius 1 is 1.00 bits per heavy atom. The molecule has 1 amide bonds. The smallest absolute Gasteiger partial charge is 0.244 e.